The maximum Gasteiger partial charge on any atom is 0.311 e. The summed E-state index contributed by atoms with van der Waals surface area (Å²) in [7, 11) is 0. The van der Waals surface area contributed by atoms with Gasteiger partial charge in [0.05, 0.1) is 26.2 Å². The number of carbonyl (C=O) groups excluding carboxylic acids is 1. The summed E-state index contributed by atoms with van der Waals surface area (Å²) >= 11 is 1.47. The number of aliphatic carboxylic acids is 1. The number of nitrogens with zero attached hydrogens (tertiary/aromatic N) is 1. The van der Waals surface area contributed by atoms with Crippen molar-refractivity contribution in [1.82, 2.24) is 10.3 Å². The lowest BCUT2D eigenvalue weighted by atomic mass is 9.80. The van der Waals surface area contributed by atoms with Crippen LogP contribution in [0.3, 0.4) is 0 Å². The van der Waals surface area contributed by atoms with Gasteiger partial charge in [0.25, 0.3) is 5.91 Å². The van der Waals surface area contributed by atoms with Gasteiger partial charge in [-0.2, -0.15) is 0 Å². The minimum absolute atomic E-state index is 0.110. The molecular weight excluding hydrogens is 316 g/mol. The zero-order valence-electron chi connectivity index (χ0n) is 12.8. The Labute approximate surface area is 137 Å². The van der Waals surface area contributed by atoms with E-state index in [0.717, 1.165) is 15.2 Å². The van der Waals surface area contributed by atoms with Crippen molar-refractivity contribution in [3.05, 3.63) is 28.8 Å². The monoisotopic (exact) mass is 334 g/mol. The molecule has 1 aliphatic rings. The Morgan fingerprint density at radius 3 is 2.83 bits per heavy atom. The molecular formula is C16H18N2O4S. The Hall–Kier alpha value is -1.99. The fourth-order valence-electron chi connectivity index (χ4n) is 2.81. The summed E-state index contributed by atoms with van der Waals surface area (Å²) in [6.07, 6.45) is 0.818. The molecule has 0 aliphatic carbocycles. The number of ether oxygens (including phenoxy) is 1. The van der Waals surface area contributed by atoms with Crippen LogP contribution in [0.2, 0.25) is 0 Å². The number of fused-ring (bicyclic) bond motifs is 1. The fourth-order valence-corrected chi connectivity index (χ4v) is 3.74. The van der Waals surface area contributed by atoms with E-state index in [1.54, 1.807) is 12.1 Å². The van der Waals surface area contributed by atoms with Gasteiger partial charge in [0.2, 0.25) is 0 Å². The molecule has 1 saturated heterocycles. The molecule has 23 heavy (non-hydrogen) atoms. The first kappa shape index (κ1) is 15.9. The first-order valence-corrected chi connectivity index (χ1v) is 8.29. The number of aromatic nitrogens is 1. The van der Waals surface area contributed by atoms with Crippen LogP contribution in [0.1, 0.15) is 28.2 Å². The van der Waals surface area contributed by atoms with Crippen molar-refractivity contribution in [3.8, 4) is 0 Å². The maximum absolute atomic E-state index is 12.5. The number of nitrogens with one attached hydrogen (secondary N) is 1. The lowest BCUT2D eigenvalue weighted by Gasteiger charge is -2.33. The van der Waals surface area contributed by atoms with E-state index >= 15 is 0 Å². The van der Waals surface area contributed by atoms with Crippen LogP contribution in [-0.4, -0.2) is 41.7 Å². The Morgan fingerprint density at radius 2 is 2.13 bits per heavy atom. The average molecular weight is 334 g/mol. The van der Waals surface area contributed by atoms with Gasteiger partial charge in [-0.25, -0.2) is 4.98 Å². The van der Waals surface area contributed by atoms with Gasteiger partial charge in [0.15, 0.2) is 0 Å². The molecule has 0 radical (unpaired) electrons. The first-order valence-electron chi connectivity index (χ1n) is 7.47. The van der Waals surface area contributed by atoms with Crippen LogP contribution in [0.15, 0.2) is 18.2 Å². The Kier molecular flexibility index (Phi) is 4.32. The number of thiazole rings is 1. The Morgan fingerprint density at radius 1 is 1.39 bits per heavy atom. The fraction of sp³-hybridized carbons (Fsp3) is 0.438. The molecule has 1 fully saturated rings. The van der Waals surface area contributed by atoms with Crippen LogP contribution < -0.4 is 5.32 Å². The highest BCUT2D eigenvalue weighted by Crippen LogP contribution is 2.31. The highest BCUT2D eigenvalue weighted by Gasteiger charge is 2.40. The number of amides is 1. The second-order valence-corrected chi connectivity index (χ2v) is 6.97. The van der Waals surface area contributed by atoms with Gasteiger partial charge >= 0.3 is 5.97 Å². The topological polar surface area (TPSA) is 88.5 Å². The molecule has 1 aromatic carbocycles. The minimum Gasteiger partial charge on any atom is -0.481 e. The number of hydrogen-bond acceptors (Lipinski definition) is 5. The molecule has 1 aromatic heterocycles. The minimum atomic E-state index is -0.939. The molecule has 0 unspecified atom stereocenters. The molecule has 7 heteroatoms. The van der Waals surface area contributed by atoms with E-state index in [0.29, 0.717) is 31.6 Å². The second-order valence-electron chi connectivity index (χ2n) is 5.77. The SMILES string of the molecule is Cc1nc2cccc(C(=O)NCC3(C(=O)O)CCOCC3)c2s1. The lowest BCUT2D eigenvalue weighted by molar-refractivity contribution is -0.154. The van der Waals surface area contributed by atoms with Crippen molar-refractivity contribution in [2.24, 2.45) is 5.41 Å². The molecule has 2 aromatic rings. The van der Waals surface area contributed by atoms with Gasteiger partial charge in [0, 0.05) is 19.8 Å². The molecule has 6 nitrogen and oxygen atoms in total. The van der Waals surface area contributed by atoms with Crippen molar-refractivity contribution in [1.29, 1.82) is 0 Å². The Balaban J connectivity index is 1.79. The van der Waals surface area contributed by atoms with Crippen molar-refractivity contribution < 1.29 is 19.4 Å². The number of aryl methyl sites for hydroxylation is 1. The average Bonchev–Trinajstić information content (AvgIpc) is 2.93. The molecule has 1 aliphatic heterocycles. The summed E-state index contributed by atoms with van der Waals surface area (Å²) in [6.45, 7) is 2.82. The van der Waals surface area contributed by atoms with Crippen molar-refractivity contribution in [3.63, 3.8) is 0 Å². The summed E-state index contributed by atoms with van der Waals surface area (Å²) < 4.78 is 6.08. The molecule has 0 saturated carbocycles. The van der Waals surface area contributed by atoms with Crippen LogP contribution in [0.4, 0.5) is 0 Å². The van der Waals surface area contributed by atoms with Gasteiger partial charge in [-0.15, -0.1) is 11.3 Å². The van der Waals surface area contributed by atoms with Crippen LogP contribution in [0.25, 0.3) is 10.2 Å². The third-order valence-electron chi connectivity index (χ3n) is 4.26. The zero-order valence-corrected chi connectivity index (χ0v) is 13.6. The standard InChI is InChI=1S/C16H18N2O4S/c1-10-18-12-4-2-3-11(13(12)23-10)14(19)17-9-16(15(20)21)5-7-22-8-6-16/h2-4H,5-9H2,1H3,(H,17,19)(H,20,21). The normalized spacial score (nSPS) is 17.1. The molecule has 2 N–H and O–H groups in total. The smallest absolute Gasteiger partial charge is 0.311 e. The summed E-state index contributed by atoms with van der Waals surface area (Å²) in [4.78, 5) is 28.5. The number of rotatable bonds is 4. The molecule has 0 atom stereocenters. The lowest BCUT2D eigenvalue weighted by Crippen LogP contribution is -2.46. The Bertz CT molecular complexity index is 750. The van der Waals surface area contributed by atoms with E-state index < -0.39 is 11.4 Å². The van der Waals surface area contributed by atoms with Gasteiger partial charge < -0.3 is 15.2 Å². The van der Waals surface area contributed by atoms with Crippen LogP contribution in [-0.2, 0) is 9.53 Å². The van der Waals surface area contributed by atoms with Gasteiger partial charge in [-0.05, 0) is 31.9 Å². The summed E-state index contributed by atoms with van der Waals surface area (Å²) in [5.41, 5.74) is 0.394. The molecule has 1 amide bonds. The number of hydrogen-bond donors (Lipinski definition) is 2. The van der Waals surface area contributed by atoms with Gasteiger partial charge in [-0.1, -0.05) is 6.07 Å². The summed E-state index contributed by atoms with van der Waals surface area (Å²) in [5.74, 6) is -1.14. The predicted octanol–water partition coefficient (Wildman–Crippen LogP) is 2.22. The molecule has 0 spiro atoms. The summed E-state index contributed by atoms with van der Waals surface area (Å²) in [5, 5.41) is 13.2. The van der Waals surface area contributed by atoms with Crippen LogP contribution >= 0.6 is 11.3 Å². The third-order valence-corrected chi connectivity index (χ3v) is 5.28. The van der Waals surface area contributed by atoms with Crippen LogP contribution in [0.5, 0.6) is 0 Å². The van der Waals surface area contributed by atoms with Crippen molar-refractivity contribution >= 4 is 33.4 Å². The first-order chi connectivity index (χ1) is 11.0. The molecule has 3 rings (SSSR count). The maximum atomic E-state index is 12.5. The number of benzene rings is 1. The highest BCUT2D eigenvalue weighted by atomic mass is 32.1. The molecule has 0 bridgehead atoms. The van der Waals surface area contributed by atoms with E-state index in [-0.39, 0.29) is 12.5 Å². The van der Waals surface area contributed by atoms with Crippen LogP contribution in [0, 0.1) is 12.3 Å². The third kappa shape index (κ3) is 3.07. The summed E-state index contributed by atoms with van der Waals surface area (Å²) in [6, 6.07) is 5.40. The van der Waals surface area contributed by atoms with E-state index in [1.807, 2.05) is 13.0 Å². The largest absolute Gasteiger partial charge is 0.481 e. The zero-order chi connectivity index (χ0) is 16.4. The predicted molar refractivity (Wildman–Crippen MR) is 86.8 cm³/mol. The molecule has 2 heterocycles. The van der Waals surface area contributed by atoms with E-state index in [4.69, 9.17) is 4.74 Å². The van der Waals surface area contributed by atoms with Gasteiger partial charge in [0.1, 0.15) is 0 Å². The van der Waals surface area contributed by atoms with Gasteiger partial charge in [-0.3, -0.25) is 9.59 Å². The number of carboxylic acid groups (broad SMARTS) is 1. The number of carboxylic acids is 1. The van der Waals surface area contributed by atoms with Crippen molar-refractivity contribution in [2.45, 2.75) is 19.8 Å². The number of carbonyl (C=O) groups is 2. The second kappa shape index (κ2) is 6.25. The molecule has 122 valence electrons. The van der Waals surface area contributed by atoms with Crippen molar-refractivity contribution in [2.75, 3.05) is 19.8 Å². The van der Waals surface area contributed by atoms with E-state index in [9.17, 15) is 14.7 Å². The highest BCUT2D eigenvalue weighted by molar-refractivity contribution is 7.18. The van der Waals surface area contributed by atoms with E-state index in [1.165, 1.54) is 11.3 Å². The van der Waals surface area contributed by atoms with E-state index in [2.05, 4.69) is 10.3 Å². The quantitative estimate of drug-likeness (QED) is 0.895.